The van der Waals surface area contributed by atoms with Crippen molar-refractivity contribution in [2.45, 2.75) is 6.54 Å². The Labute approximate surface area is 131 Å². The third-order valence-corrected chi connectivity index (χ3v) is 3.80. The van der Waals surface area contributed by atoms with E-state index in [4.69, 9.17) is 4.74 Å². The van der Waals surface area contributed by atoms with E-state index in [2.05, 4.69) is 31.2 Å². The summed E-state index contributed by atoms with van der Waals surface area (Å²) >= 11 is 3.48. The molecular weight excluding hydrogens is 330 g/mol. The van der Waals surface area contributed by atoms with Gasteiger partial charge in [-0.1, -0.05) is 12.1 Å². The summed E-state index contributed by atoms with van der Waals surface area (Å²) in [6, 6.07) is 11.9. The molecule has 2 aromatic heterocycles. The molecule has 0 atom stereocenters. The van der Waals surface area contributed by atoms with Crippen molar-refractivity contribution >= 4 is 32.7 Å². The summed E-state index contributed by atoms with van der Waals surface area (Å²) in [6.07, 6.45) is 3.55. The number of ether oxygens (including phenoxy) is 1. The van der Waals surface area contributed by atoms with E-state index in [9.17, 15) is 0 Å². The van der Waals surface area contributed by atoms with E-state index in [1.807, 2.05) is 36.4 Å². The van der Waals surface area contributed by atoms with Gasteiger partial charge in [0.2, 0.25) is 0 Å². The quantitative estimate of drug-likeness (QED) is 0.777. The molecule has 0 fully saturated rings. The fourth-order valence-electron chi connectivity index (χ4n) is 2.11. The zero-order chi connectivity index (χ0) is 14.7. The number of aromatic nitrogens is 2. The molecule has 1 aromatic carbocycles. The minimum atomic E-state index is 0.697. The fraction of sp³-hybridized carbons (Fsp3) is 0.125. The van der Waals surface area contributed by atoms with Gasteiger partial charge in [-0.2, -0.15) is 0 Å². The average Bonchev–Trinajstić information content (AvgIpc) is 2.55. The number of rotatable bonds is 4. The number of anilines is 1. The van der Waals surface area contributed by atoms with E-state index in [1.54, 1.807) is 19.5 Å². The Kier molecular flexibility index (Phi) is 4.01. The van der Waals surface area contributed by atoms with Crippen molar-refractivity contribution in [1.29, 1.82) is 0 Å². The number of pyridine rings is 2. The van der Waals surface area contributed by atoms with Crippen LogP contribution in [0.25, 0.3) is 10.9 Å². The first-order valence-electron chi connectivity index (χ1n) is 6.54. The van der Waals surface area contributed by atoms with Gasteiger partial charge in [-0.05, 0) is 45.8 Å². The normalized spacial score (nSPS) is 10.6. The SMILES string of the molecule is COc1ccc(CNc2ncc(Br)c3ncccc23)cc1. The van der Waals surface area contributed by atoms with Crippen molar-refractivity contribution in [2.75, 3.05) is 12.4 Å². The zero-order valence-corrected chi connectivity index (χ0v) is 13.1. The van der Waals surface area contributed by atoms with Crippen LogP contribution in [0.2, 0.25) is 0 Å². The monoisotopic (exact) mass is 343 g/mol. The van der Waals surface area contributed by atoms with E-state index in [0.29, 0.717) is 6.54 Å². The predicted octanol–water partition coefficient (Wildman–Crippen LogP) is 4.01. The predicted molar refractivity (Wildman–Crippen MR) is 87.6 cm³/mol. The molecule has 0 saturated carbocycles. The standard InChI is InChI=1S/C16H14BrN3O/c1-21-12-6-4-11(5-7-12)9-19-16-13-3-2-8-18-15(13)14(17)10-20-16/h2-8,10H,9H2,1H3,(H,19,20). The van der Waals surface area contributed by atoms with Gasteiger partial charge in [0.15, 0.2) is 0 Å². The van der Waals surface area contributed by atoms with Gasteiger partial charge in [0, 0.05) is 24.3 Å². The van der Waals surface area contributed by atoms with E-state index >= 15 is 0 Å². The van der Waals surface area contributed by atoms with Crippen LogP contribution in [0.1, 0.15) is 5.56 Å². The number of hydrogen-bond donors (Lipinski definition) is 1. The highest BCUT2D eigenvalue weighted by atomic mass is 79.9. The second kappa shape index (κ2) is 6.10. The van der Waals surface area contributed by atoms with Crippen molar-refractivity contribution in [2.24, 2.45) is 0 Å². The summed E-state index contributed by atoms with van der Waals surface area (Å²) in [5, 5.41) is 4.36. The lowest BCUT2D eigenvalue weighted by molar-refractivity contribution is 0.414. The average molecular weight is 344 g/mol. The molecule has 3 rings (SSSR count). The number of hydrogen-bond acceptors (Lipinski definition) is 4. The maximum Gasteiger partial charge on any atom is 0.135 e. The third kappa shape index (κ3) is 2.97. The van der Waals surface area contributed by atoms with Gasteiger partial charge in [0.25, 0.3) is 0 Å². The largest absolute Gasteiger partial charge is 0.497 e. The lowest BCUT2D eigenvalue weighted by Gasteiger charge is -2.09. The van der Waals surface area contributed by atoms with Gasteiger partial charge in [-0.25, -0.2) is 4.98 Å². The number of methoxy groups -OCH3 is 1. The molecule has 5 heteroatoms. The Morgan fingerprint density at radius 3 is 2.71 bits per heavy atom. The smallest absolute Gasteiger partial charge is 0.135 e. The Balaban J connectivity index is 1.83. The molecule has 0 saturated heterocycles. The van der Waals surface area contributed by atoms with Crippen LogP contribution in [0.15, 0.2) is 53.3 Å². The van der Waals surface area contributed by atoms with Crippen LogP contribution < -0.4 is 10.1 Å². The van der Waals surface area contributed by atoms with Crippen molar-refractivity contribution < 1.29 is 4.74 Å². The van der Waals surface area contributed by atoms with Crippen LogP contribution in [0.5, 0.6) is 5.75 Å². The Hall–Kier alpha value is -2.14. The summed E-state index contributed by atoms with van der Waals surface area (Å²) in [7, 11) is 1.66. The molecule has 0 amide bonds. The molecule has 4 nitrogen and oxygen atoms in total. The first-order valence-corrected chi connectivity index (χ1v) is 7.33. The summed E-state index contributed by atoms with van der Waals surface area (Å²) in [5.74, 6) is 1.69. The minimum Gasteiger partial charge on any atom is -0.497 e. The van der Waals surface area contributed by atoms with Crippen molar-refractivity contribution in [1.82, 2.24) is 9.97 Å². The first kappa shape index (κ1) is 13.8. The highest BCUT2D eigenvalue weighted by Crippen LogP contribution is 2.26. The number of benzene rings is 1. The molecule has 0 aliphatic heterocycles. The van der Waals surface area contributed by atoms with Crippen LogP contribution in [0, 0.1) is 0 Å². The van der Waals surface area contributed by atoms with Crippen LogP contribution in [-0.2, 0) is 6.54 Å². The molecule has 0 bridgehead atoms. The fourth-order valence-corrected chi connectivity index (χ4v) is 2.53. The Morgan fingerprint density at radius 2 is 1.95 bits per heavy atom. The topological polar surface area (TPSA) is 47.0 Å². The first-order chi connectivity index (χ1) is 10.3. The van der Waals surface area contributed by atoms with Gasteiger partial charge in [-0.15, -0.1) is 0 Å². The molecular formula is C16H14BrN3O. The van der Waals surface area contributed by atoms with Crippen molar-refractivity contribution in [3.05, 3.63) is 58.8 Å². The van der Waals surface area contributed by atoms with Gasteiger partial charge < -0.3 is 10.1 Å². The van der Waals surface area contributed by atoms with Gasteiger partial charge in [-0.3, -0.25) is 4.98 Å². The second-order valence-corrected chi connectivity index (χ2v) is 5.41. The Bertz CT molecular complexity index is 759. The lowest BCUT2D eigenvalue weighted by Crippen LogP contribution is -2.02. The molecule has 0 aliphatic carbocycles. The van der Waals surface area contributed by atoms with Gasteiger partial charge >= 0.3 is 0 Å². The summed E-state index contributed by atoms with van der Waals surface area (Å²) in [6.45, 7) is 0.697. The molecule has 106 valence electrons. The molecule has 21 heavy (non-hydrogen) atoms. The number of nitrogens with one attached hydrogen (secondary N) is 1. The minimum absolute atomic E-state index is 0.697. The highest BCUT2D eigenvalue weighted by Gasteiger charge is 2.06. The summed E-state index contributed by atoms with van der Waals surface area (Å²) in [4.78, 5) is 8.81. The van der Waals surface area contributed by atoms with Crippen LogP contribution >= 0.6 is 15.9 Å². The molecule has 0 aliphatic rings. The maximum atomic E-state index is 5.16. The molecule has 0 spiro atoms. The van der Waals surface area contributed by atoms with E-state index in [0.717, 1.165) is 32.5 Å². The lowest BCUT2D eigenvalue weighted by atomic mass is 10.2. The summed E-state index contributed by atoms with van der Waals surface area (Å²) in [5.41, 5.74) is 2.07. The molecule has 3 aromatic rings. The molecule has 0 radical (unpaired) electrons. The number of halogens is 1. The maximum absolute atomic E-state index is 5.16. The van der Waals surface area contributed by atoms with Crippen molar-refractivity contribution in [3.8, 4) is 5.75 Å². The van der Waals surface area contributed by atoms with E-state index in [1.165, 1.54) is 0 Å². The highest BCUT2D eigenvalue weighted by molar-refractivity contribution is 9.10. The number of fused-ring (bicyclic) bond motifs is 1. The molecule has 1 N–H and O–H groups in total. The van der Waals surface area contributed by atoms with E-state index in [-0.39, 0.29) is 0 Å². The second-order valence-electron chi connectivity index (χ2n) is 4.56. The third-order valence-electron chi connectivity index (χ3n) is 3.22. The Morgan fingerprint density at radius 1 is 1.14 bits per heavy atom. The van der Waals surface area contributed by atoms with Gasteiger partial charge in [0.05, 0.1) is 17.1 Å². The van der Waals surface area contributed by atoms with Crippen LogP contribution in [0.4, 0.5) is 5.82 Å². The van der Waals surface area contributed by atoms with Gasteiger partial charge in [0.1, 0.15) is 11.6 Å². The van der Waals surface area contributed by atoms with Crippen LogP contribution in [-0.4, -0.2) is 17.1 Å². The molecule has 2 heterocycles. The zero-order valence-electron chi connectivity index (χ0n) is 11.5. The number of nitrogens with zero attached hydrogens (tertiary/aromatic N) is 2. The molecule has 0 unspecified atom stereocenters. The van der Waals surface area contributed by atoms with E-state index < -0.39 is 0 Å². The van der Waals surface area contributed by atoms with Crippen LogP contribution in [0.3, 0.4) is 0 Å². The summed E-state index contributed by atoms with van der Waals surface area (Å²) < 4.78 is 6.05. The van der Waals surface area contributed by atoms with Crippen molar-refractivity contribution in [3.63, 3.8) is 0 Å².